The Balaban J connectivity index is 2.40. The molecule has 1 rings (SSSR count). The Morgan fingerprint density at radius 3 is 3.00 bits per heavy atom. The van der Waals surface area contributed by atoms with E-state index in [1.54, 1.807) is 7.05 Å². The molecule has 0 radical (unpaired) electrons. The van der Waals surface area contributed by atoms with Crippen molar-refractivity contribution < 1.29 is 9.53 Å². The summed E-state index contributed by atoms with van der Waals surface area (Å²) in [6.07, 6.45) is 0. The highest BCUT2D eigenvalue weighted by molar-refractivity contribution is 5.77. The van der Waals surface area contributed by atoms with Crippen LogP contribution < -0.4 is 15.8 Å². The molecule has 3 N–H and O–H groups in total. The molecule has 0 fully saturated rings. The summed E-state index contributed by atoms with van der Waals surface area (Å²) in [6.45, 7) is 1.89. The number of nitrogens with zero attached hydrogens (tertiary/aromatic N) is 1. The van der Waals surface area contributed by atoms with Crippen LogP contribution in [0.25, 0.3) is 0 Å². The molecule has 0 aromatic heterocycles. The van der Waals surface area contributed by atoms with Gasteiger partial charge in [0.2, 0.25) is 5.91 Å². The van der Waals surface area contributed by atoms with Gasteiger partial charge in [-0.3, -0.25) is 9.69 Å². The lowest BCUT2D eigenvalue weighted by Crippen LogP contribution is -2.35. The summed E-state index contributed by atoms with van der Waals surface area (Å²) in [6, 6.07) is 7.56. The van der Waals surface area contributed by atoms with Crippen LogP contribution in [0.4, 0.5) is 0 Å². The summed E-state index contributed by atoms with van der Waals surface area (Å²) in [4.78, 5) is 13.1. The number of hydrogen-bond acceptors (Lipinski definition) is 4. The fourth-order valence-corrected chi connectivity index (χ4v) is 1.54. The maximum Gasteiger partial charge on any atom is 0.233 e. The summed E-state index contributed by atoms with van der Waals surface area (Å²) >= 11 is 0. The van der Waals surface area contributed by atoms with Gasteiger partial charge in [-0.25, -0.2) is 0 Å². The van der Waals surface area contributed by atoms with Gasteiger partial charge >= 0.3 is 0 Å². The number of rotatable bonds is 6. The van der Waals surface area contributed by atoms with Crippen molar-refractivity contribution in [2.75, 3.05) is 40.3 Å². The summed E-state index contributed by atoms with van der Waals surface area (Å²) < 4.78 is 5.64. The first-order valence-corrected chi connectivity index (χ1v) is 6.46. The Morgan fingerprint density at radius 2 is 2.30 bits per heavy atom. The molecule has 1 aromatic rings. The summed E-state index contributed by atoms with van der Waals surface area (Å²) in [7, 11) is 3.50. The van der Waals surface area contributed by atoms with Gasteiger partial charge in [0.1, 0.15) is 12.4 Å². The third-order valence-corrected chi connectivity index (χ3v) is 2.60. The van der Waals surface area contributed by atoms with Crippen LogP contribution in [0.15, 0.2) is 24.3 Å². The first kappa shape index (κ1) is 16.0. The van der Waals surface area contributed by atoms with E-state index < -0.39 is 0 Å². The first-order chi connectivity index (χ1) is 9.65. The normalized spacial score (nSPS) is 9.80. The highest BCUT2D eigenvalue weighted by atomic mass is 16.5. The Bertz CT molecular complexity index is 491. The number of carbonyl (C=O) groups is 1. The zero-order chi connectivity index (χ0) is 14.8. The molecule has 0 aliphatic carbocycles. The van der Waals surface area contributed by atoms with Gasteiger partial charge in [-0.05, 0) is 25.2 Å². The van der Waals surface area contributed by atoms with Gasteiger partial charge in [0.25, 0.3) is 0 Å². The van der Waals surface area contributed by atoms with Crippen molar-refractivity contribution in [1.29, 1.82) is 0 Å². The average molecular weight is 275 g/mol. The predicted molar refractivity (Wildman–Crippen MR) is 79.4 cm³/mol. The van der Waals surface area contributed by atoms with E-state index in [-0.39, 0.29) is 5.91 Å². The first-order valence-electron chi connectivity index (χ1n) is 6.46. The molecule has 0 aliphatic heterocycles. The maximum absolute atomic E-state index is 11.2. The lowest BCUT2D eigenvalue weighted by atomic mass is 10.2. The second-order valence-electron chi connectivity index (χ2n) is 4.29. The molecule has 0 bridgehead atoms. The standard InChI is InChI=1S/C15H21N3O2/c1-17-15(19)12-18(2)9-10-20-14-7-3-5-13(11-14)6-4-8-16/h3,5,7,11H,8-10,12,16H2,1-2H3,(H,17,19). The highest BCUT2D eigenvalue weighted by Crippen LogP contribution is 2.12. The molecule has 5 nitrogen and oxygen atoms in total. The molecule has 108 valence electrons. The van der Waals surface area contributed by atoms with E-state index >= 15 is 0 Å². The quantitative estimate of drug-likeness (QED) is 0.720. The molecule has 0 atom stereocenters. The van der Waals surface area contributed by atoms with E-state index in [1.807, 2.05) is 36.2 Å². The van der Waals surface area contributed by atoms with E-state index in [9.17, 15) is 4.79 Å². The van der Waals surface area contributed by atoms with Gasteiger partial charge in [0, 0.05) is 19.2 Å². The average Bonchev–Trinajstić information content (AvgIpc) is 2.45. The number of likely N-dealkylation sites (N-methyl/N-ethyl adjacent to an activating group) is 2. The zero-order valence-corrected chi connectivity index (χ0v) is 12.0. The second-order valence-corrected chi connectivity index (χ2v) is 4.29. The largest absolute Gasteiger partial charge is 0.492 e. The minimum atomic E-state index is -0.00782. The van der Waals surface area contributed by atoms with Crippen LogP contribution in [0.5, 0.6) is 5.75 Å². The number of hydrogen-bond donors (Lipinski definition) is 2. The van der Waals surface area contributed by atoms with Crippen molar-refractivity contribution in [3.8, 4) is 17.6 Å². The topological polar surface area (TPSA) is 67.6 Å². The molecule has 0 saturated heterocycles. The van der Waals surface area contributed by atoms with Gasteiger partial charge in [0.15, 0.2) is 0 Å². The Labute approximate surface area is 120 Å². The molecule has 0 heterocycles. The van der Waals surface area contributed by atoms with Gasteiger partial charge < -0.3 is 15.8 Å². The lowest BCUT2D eigenvalue weighted by molar-refractivity contribution is -0.121. The number of carbonyl (C=O) groups excluding carboxylic acids is 1. The fraction of sp³-hybridized carbons (Fsp3) is 0.400. The van der Waals surface area contributed by atoms with E-state index in [1.165, 1.54) is 0 Å². The number of amides is 1. The minimum absolute atomic E-state index is 0.00782. The van der Waals surface area contributed by atoms with Crippen LogP contribution in [0.2, 0.25) is 0 Å². The third kappa shape index (κ3) is 6.23. The van der Waals surface area contributed by atoms with Crippen LogP contribution in [0.3, 0.4) is 0 Å². The highest BCUT2D eigenvalue weighted by Gasteiger charge is 2.04. The van der Waals surface area contributed by atoms with Crippen LogP contribution >= 0.6 is 0 Å². The van der Waals surface area contributed by atoms with Gasteiger partial charge in [-0.1, -0.05) is 17.9 Å². The monoisotopic (exact) mass is 275 g/mol. The molecule has 20 heavy (non-hydrogen) atoms. The van der Waals surface area contributed by atoms with Crippen molar-refractivity contribution in [3.63, 3.8) is 0 Å². The van der Waals surface area contributed by atoms with Crippen molar-refractivity contribution in [2.45, 2.75) is 0 Å². The smallest absolute Gasteiger partial charge is 0.233 e. The Hall–Kier alpha value is -2.03. The van der Waals surface area contributed by atoms with Crippen LogP contribution in [-0.2, 0) is 4.79 Å². The SMILES string of the molecule is CNC(=O)CN(C)CCOc1cccc(C#CCN)c1. The molecule has 1 aromatic carbocycles. The maximum atomic E-state index is 11.2. The van der Waals surface area contributed by atoms with Crippen molar-refractivity contribution in [3.05, 3.63) is 29.8 Å². The molecule has 0 saturated carbocycles. The summed E-state index contributed by atoms with van der Waals surface area (Å²) in [5.41, 5.74) is 6.22. The van der Waals surface area contributed by atoms with E-state index in [2.05, 4.69) is 17.2 Å². The minimum Gasteiger partial charge on any atom is -0.492 e. The Kier molecular flexibility index (Phi) is 7.18. The number of benzene rings is 1. The number of ether oxygens (including phenoxy) is 1. The fourth-order valence-electron chi connectivity index (χ4n) is 1.54. The third-order valence-electron chi connectivity index (χ3n) is 2.60. The van der Waals surface area contributed by atoms with Crippen LogP contribution in [0.1, 0.15) is 5.56 Å². The summed E-state index contributed by atoms with van der Waals surface area (Å²) in [5, 5.41) is 2.58. The molecule has 5 heteroatoms. The molecule has 0 aliphatic rings. The lowest BCUT2D eigenvalue weighted by Gasteiger charge is -2.15. The molecule has 1 amide bonds. The Morgan fingerprint density at radius 1 is 1.50 bits per heavy atom. The molecular formula is C15H21N3O2. The van der Waals surface area contributed by atoms with Crippen molar-refractivity contribution in [2.24, 2.45) is 5.73 Å². The van der Waals surface area contributed by atoms with E-state index in [4.69, 9.17) is 10.5 Å². The van der Waals surface area contributed by atoms with Crippen LogP contribution in [0, 0.1) is 11.8 Å². The van der Waals surface area contributed by atoms with Gasteiger partial charge in [0.05, 0.1) is 13.1 Å². The number of nitrogens with two attached hydrogens (primary N) is 1. The van der Waals surface area contributed by atoms with Crippen molar-refractivity contribution >= 4 is 5.91 Å². The molecule has 0 unspecified atom stereocenters. The van der Waals surface area contributed by atoms with Crippen LogP contribution in [-0.4, -0.2) is 51.1 Å². The molecule has 0 spiro atoms. The van der Waals surface area contributed by atoms with Gasteiger partial charge in [-0.15, -0.1) is 0 Å². The zero-order valence-electron chi connectivity index (χ0n) is 12.0. The summed E-state index contributed by atoms with van der Waals surface area (Å²) in [5.74, 6) is 6.52. The van der Waals surface area contributed by atoms with Gasteiger partial charge in [-0.2, -0.15) is 0 Å². The van der Waals surface area contributed by atoms with E-state index in [0.29, 0.717) is 26.2 Å². The number of nitrogens with one attached hydrogen (secondary N) is 1. The van der Waals surface area contributed by atoms with E-state index in [0.717, 1.165) is 11.3 Å². The van der Waals surface area contributed by atoms with Crippen molar-refractivity contribution in [1.82, 2.24) is 10.2 Å². The molecular weight excluding hydrogens is 254 g/mol. The predicted octanol–water partition coefficient (Wildman–Crippen LogP) is 0.0534. The second kappa shape index (κ2) is 8.97.